The van der Waals surface area contributed by atoms with Crippen molar-refractivity contribution in [1.82, 2.24) is 4.57 Å². The summed E-state index contributed by atoms with van der Waals surface area (Å²) in [6, 6.07) is 2.48. The number of imidazole rings is 1. The molecule has 3 N–H and O–H groups in total. The van der Waals surface area contributed by atoms with E-state index in [-0.39, 0.29) is 31.6 Å². The topological polar surface area (TPSA) is 92.4 Å². The second-order valence-electron chi connectivity index (χ2n) is 5.05. The smallest absolute Gasteiger partial charge is 0.257 e. The number of rotatable bonds is 6. The SMILES string of the molecule is C[n+]1ccn(CCCS(=O)(=O)N(O)c2cc(Cl)c(N)c(Cl)c2)c1. The number of hydrogen-bond donors (Lipinski definition) is 2. The van der Waals surface area contributed by atoms with Gasteiger partial charge in [-0.05, 0) is 12.1 Å². The van der Waals surface area contributed by atoms with E-state index < -0.39 is 10.0 Å². The Labute approximate surface area is 144 Å². The molecule has 1 aromatic carbocycles. The highest BCUT2D eigenvalue weighted by Crippen LogP contribution is 2.33. The third-order valence-electron chi connectivity index (χ3n) is 3.19. The number of halogens is 2. The van der Waals surface area contributed by atoms with Crippen LogP contribution in [0, 0.1) is 0 Å². The van der Waals surface area contributed by atoms with E-state index in [0.717, 1.165) is 0 Å². The number of aryl methyl sites for hydroxylation is 2. The van der Waals surface area contributed by atoms with Gasteiger partial charge in [-0.15, -0.1) is 4.47 Å². The maximum atomic E-state index is 12.2. The van der Waals surface area contributed by atoms with Gasteiger partial charge in [0.15, 0.2) is 0 Å². The van der Waals surface area contributed by atoms with Crippen LogP contribution in [0.1, 0.15) is 6.42 Å². The van der Waals surface area contributed by atoms with Gasteiger partial charge in [-0.3, -0.25) is 5.21 Å². The number of aromatic nitrogens is 2. The Balaban J connectivity index is 2.06. The zero-order valence-electron chi connectivity index (χ0n) is 12.4. The van der Waals surface area contributed by atoms with Gasteiger partial charge in [0.2, 0.25) is 6.33 Å². The van der Waals surface area contributed by atoms with Crippen LogP contribution in [0.4, 0.5) is 11.4 Å². The van der Waals surface area contributed by atoms with Gasteiger partial charge < -0.3 is 5.73 Å². The van der Waals surface area contributed by atoms with E-state index in [0.29, 0.717) is 13.0 Å². The second kappa shape index (κ2) is 6.96. The molecular weight excluding hydrogens is 363 g/mol. The van der Waals surface area contributed by atoms with E-state index in [4.69, 9.17) is 28.9 Å². The Hall–Kier alpha value is -1.48. The Morgan fingerprint density at radius 1 is 1.35 bits per heavy atom. The van der Waals surface area contributed by atoms with Crippen molar-refractivity contribution in [3.63, 3.8) is 0 Å². The van der Waals surface area contributed by atoms with Gasteiger partial charge in [0, 0.05) is 6.42 Å². The summed E-state index contributed by atoms with van der Waals surface area (Å²) in [4.78, 5) is 0. The van der Waals surface area contributed by atoms with Gasteiger partial charge >= 0.3 is 0 Å². The van der Waals surface area contributed by atoms with E-state index in [2.05, 4.69) is 0 Å². The van der Waals surface area contributed by atoms with Crippen molar-refractivity contribution < 1.29 is 18.2 Å². The molecule has 0 spiro atoms. The Morgan fingerprint density at radius 3 is 2.48 bits per heavy atom. The lowest BCUT2D eigenvalue weighted by molar-refractivity contribution is -0.671. The summed E-state index contributed by atoms with van der Waals surface area (Å²) in [6.07, 6.45) is 5.86. The number of nitrogen functional groups attached to an aromatic ring is 1. The molecule has 0 saturated heterocycles. The molecule has 0 bridgehead atoms. The van der Waals surface area contributed by atoms with Crippen LogP contribution >= 0.6 is 23.2 Å². The Kier molecular flexibility index (Phi) is 5.41. The van der Waals surface area contributed by atoms with E-state index in [1.54, 1.807) is 0 Å². The molecule has 0 saturated carbocycles. The number of nitrogens with zero attached hydrogens (tertiary/aromatic N) is 3. The zero-order chi connectivity index (χ0) is 17.2. The number of anilines is 2. The maximum absolute atomic E-state index is 12.2. The van der Waals surface area contributed by atoms with Crippen molar-refractivity contribution in [3.05, 3.63) is 40.9 Å². The maximum Gasteiger partial charge on any atom is 0.257 e. The summed E-state index contributed by atoms with van der Waals surface area (Å²) in [5.74, 6) is -0.231. The van der Waals surface area contributed by atoms with Crippen molar-refractivity contribution in [2.24, 2.45) is 7.05 Å². The number of nitrogens with two attached hydrogens (primary N) is 1. The van der Waals surface area contributed by atoms with E-state index in [1.807, 2.05) is 34.9 Å². The van der Waals surface area contributed by atoms with Gasteiger partial charge in [-0.1, -0.05) is 23.2 Å². The first-order valence-electron chi connectivity index (χ1n) is 6.68. The van der Waals surface area contributed by atoms with Crippen LogP contribution in [0.2, 0.25) is 10.0 Å². The van der Waals surface area contributed by atoms with Crippen LogP contribution in [-0.2, 0) is 23.6 Å². The molecule has 0 aliphatic heterocycles. The third-order valence-corrected chi connectivity index (χ3v) is 5.36. The Bertz CT molecular complexity index is 784. The molecule has 0 fully saturated rings. The van der Waals surface area contributed by atoms with Crippen LogP contribution in [0.3, 0.4) is 0 Å². The van der Waals surface area contributed by atoms with Crippen molar-refractivity contribution in [3.8, 4) is 0 Å². The minimum atomic E-state index is -3.91. The molecule has 1 heterocycles. The van der Waals surface area contributed by atoms with E-state index in [9.17, 15) is 13.6 Å². The third kappa shape index (κ3) is 4.29. The molecule has 2 aromatic rings. The van der Waals surface area contributed by atoms with Gasteiger partial charge in [0.1, 0.15) is 12.4 Å². The highest BCUT2D eigenvalue weighted by molar-refractivity contribution is 7.92. The van der Waals surface area contributed by atoms with Crippen molar-refractivity contribution in [2.75, 3.05) is 16.0 Å². The van der Waals surface area contributed by atoms with Crippen LogP contribution in [0.5, 0.6) is 0 Å². The second-order valence-corrected chi connectivity index (χ2v) is 7.78. The molecule has 0 unspecified atom stereocenters. The standard InChI is InChI=1S/C13H17Cl2N4O3S/c1-17-4-5-18(9-17)3-2-6-23(21,22)19(20)10-7-11(14)13(16)12(15)8-10/h4-5,7-9,20H,2-3,6,16H2,1H3/q+1. The van der Waals surface area contributed by atoms with Gasteiger partial charge in [-0.25, -0.2) is 17.6 Å². The largest absolute Gasteiger partial charge is 0.396 e. The lowest BCUT2D eigenvalue weighted by Gasteiger charge is -2.18. The minimum absolute atomic E-state index is 0.0541. The van der Waals surface area contributed by atoms with Crippen LogP contribution in [0.25, 0.3) is 0 Å². The first-order valence-corrected chi connectivity index (χ1v) is 9.04. The quantitative estimate of drug-likeness (QED) is 0.454. The predicted octanol–water partition coefficient (Wildman–Crippen LogP) is 1.82. The van der Waals surface area contributed by atoms with Crippen LogP contribution in [-0.4, -0.2) is 23.9 Å². The molecule has 0 radical (unpaired) electrons. The minimum Gasteiger partial charge on any atom is -0.396 e. The molecule has 0 amide bonds. The van der Waals surface area contributed by atoms with Gasteiger partial charge in [0.05, 0.1) is 40.8 Å². The predicted molar refractivity (Wildman–Crippen MR) is 89.2 cm³/mol. The first-order chi connectivity index (χ1) is 10.7. The van der Waals surface area contributed by atoms with Gasteiger partial charge in [0.25, 0.3) is 10.0 Å². The lowest BCUT2D eigenvalue weighted by atomic mass is 10.3. The lowest BCUT2D eigenvalue weighted by Crippen LogP contribution is -2.30. The first kappa shape index (κ1) is 17.9. The van der Waals surface area contributed by atoms with Crippen molar-refractivity contribution >= 4 is 44.6 Å². The fourth-order valence-electron chi connectivity index (χ4n) is 1.99. The van der Waals surface area contributed by atoms with Crippen molar-refractivity contribution in [2.45, 2.75) is 13.0 Å². The zero-order valence-corrected chi connectivity index (χ0v) is 14.7. The molecule has 0 aliphatic carbocycles. The normalized spacial score (nSPS) is 11.7. The molecule has 0 aliphatic rings. The molecular formula is C13H17Cl2N4O3S+. The summed E-state index contributed by atoms with van der Waals surface area (Å²) in [6.45, 7) is 0.511. The molecule has 0 atom stereocenters. The average Bonchev–Trinajstić information content (AvgIpc) is 2.88. The van der Waals surface area contributed by atoms with Crippen LogP contribution < -0.4 is 14.8 Å². The Morgan fingerprint density at radius 2 is 1.96 bits per heavy atom. The van der Waals surface area contributed by atoms with Crippen molar-refractivity contribution in [1.29, 1.82) is 0 Å². The fraction of sp³-hybridized carbons (Fsp3) is 0.308. The molecule has 2 rings (SSSR count). The summed E-state index contributed by atoms with van der Waals surface area (Å²) < 4.78 is 28.2. The van der Waals surface area contributed by atoms with E-state index in [1.165, 1.54) is 12.1 Å². The summed E-state index contributed by atoms with van der Waals surface area (Å²) >= 11 is 11.7. The monoisotopic (exact) mass is 379 g/mol. The van der Waals surface area contributed by atoms with Crippen LogP contribution in [0.15, 0.2) is 30.9 Å². The summed E-state index contributed by atoms with van der Waals surface area (Å²) in [5.41, 5.74) is 5.66. The molecule has 1 aromatic heterocycles. The molecule has 126 valence electrons. The summed E-state index contributed by atoms with van der Waals surface area (Å²) in [7, 11) is -2.04. The fourth-order valence-corrected chi connectivity index (χ4v) is 3.56. The number of benzene rings is 1. The molecule has 10 heteroatoms. The van der Waals surface area contributed by atoms with E-state index >= 15 is 0 Å². The number of sulfonamides is 1. The molecule has 7 nitrogen and oxygen atoms in total. The summed E-state index contributed by atoms with van der Waals surface area (Å²) in [5, 5.41) is 10.1. The average molecular weight is 380 g/mol. The molecule has 23 heavy (non-hydrogen) atoms. The van der Waals surface area contributed by atoms with Gasteiger partial charge in [-0.2, -0.15) is 0 Å². The highest BCUT2D eigenvalue weighted by Gasteiger charge is 2.22. The highest BCUT2D eigenvalue weighted by atomic mass is 35.5. The number of hydrogen-bond acceptors (Lipinski definition) is 4.